The van der Waals surface area contributed by atoms with Crippen molar-refractivity contribution in [3.63, 3.8) is 0 Å². The summed E-state index contributed by atoms with van der Waals surface area (Å²) in [6.45, 7) is 4.60. The Hall–Kier alpha value is -5.35. The van der Waals surface area contributed by atoms with E-state index < -0.39 is 24.3 Å². The molecule has 9 heteroatoms. The zero-order chi connectivity index (χ0) is 69.0. The van der Waals surface area contributed by atoms with Crippen molar-refractivity contribution in [2.45, 2.75) is 309 Å². The highest BCUT2D eigenvalue weighted by atomic mass is 16.7. The van der Waals surface area contributed by atoms with E-state index in [9.17, 15) is 19.5 Å². The molecular formula is C86H142NO8+. The van der Waals surface area contributed by atoms with Gasteiger partial charge in [0.1, 0.15) is 13.2 Å². The van der Waals surface area contributed by atoms with Crippen molar-refractivity contribution in [2.24, 2.45) is 0 Å². The topological polar surface area (TPSA) is 108 Å². The van der Waals surface area contributed by atoms with E-state index in [-0.39, 0.29) is 38.6 Å². The molecule has 0 aliphatic carbocycles. The molecule has 0 aromatic carbocycles. The lowest BCUT2D eigenvalue weighted by Crippen LogP contribution is -2.40. The van der Waals surface area contributed by atoms with E-state index in [2.05, 4.69) is 184 Å². The third kappa shape index (κ3) is 75.9. The Labute approximate surface area is 584 Å². The number of likely N-dealkylation sites (N-methyl/N-ethyl adjacent to an activating group) is 1. The number of hydrogen-bond acceptors (Lipinski definition) is 7. The van der Waals surface area contributed by atoms with Crippen LogP contribution >= 0.6 is 0 Å². The molecule has 538 valence electrons. The Balaban J connectivity index is 4.14. The lowest BCUT2D eigenvalue weighted by molar-refractivity contribution is -0.870. The number of hydrogen-bond donors (Lipinski definition) is 1. The van der Waals surface area contributed by atoms with Crippen molar-refractivity contribution < 1.29 is 42.9 Å². The van der Waals surface area contributed by atoms with Crippen molar-refractivity contribution in [1.29, 1.82) is 0 Å². The minimum atomic E-state index is -1.53. The van der Waals surface area contributed by atoms with E-state index in [0.717, 1.165) is 122 Å². The van der Waals surface area contributed by atoms with Gasteiger partial charge in [-0.15, -0.1) is 0 Å². The van der Waals surface area contributed by atoms with Crippen molar-refractivity contribution in [3.05, 3.63) is 170 Å². The Morgan fingerprint density at radius 2 is 0.568 bits per heavy atom. The number of ether oxygens (including phenoxy) is 4. The maximum atomic E-state index is 12.9. The molecule has 0 amide bonds. The quantitative estimate of drug-likeness (QED) is 0.0211. The van der Waals surface area contributed by atoms with Gasteiger partial charge < -0.3 is 28.5 Å². The van der Waals surface area contributed by atoms with Gasteiger partial charge in [0.25, 0.3) is 6.29 Å². The summed E-state index contributed by atoms with van der Waals surface area (Å²) < 4.78 is 22.9. The lowest BCUT2D eigenvalue weighted by atomic mass is 10.0. The van der Waals surface area contributed by atoms with E-state index in [1.807, 2.05) is 21.1 Å². The standard InChI is InChI=1S/C86H141NO8/c1-6-8-10-12-14-16-18-20-22-24-26-28-30-32-34-36-38-40-41-42-43-45-46-48-50-52-54-56-58-60-62-64-66-68-70-72-74-76-83(88)93-80-82(81-94-86(85(90)91)92-79-78-87(3,4)5)95-84(89)77-75-73-71-69-67-65-63-61-59-57-55-53-51-49-47-44-39-37-35-33-31-29-27-25-23-21-19-17-15-13-11-9-7-2/h8-11,14-17,20-23,26-29,33,35,39,44,49,51,55,57,61,63,67,69,82,86H,6-7,12-13,18-19,24-25,30-32,34,36-38,40-43,45-48,50,52-54,56,58-60,62,64-66,68,70-81H2,1-5H3/p+1/b10-8-,11-9-,16-14-,17-15-,22-20-,23-21-,28-26-,29-27-,35-33-,44-39-,51-49-,57-55-,63-61-,69-67-. The number of rotatable bonds is 69. The second-order valence-corrected chi connectivity index (χ2v) is 26.2. The largest absolute Gasteiger partial charge is 0.477 e. The molecule has 2 unspecified atom stereocenters. The van der Waals surface area contributed by atoms with Crippen LogP contribution in [-0.2, 0) is 33.3 Å². The van der Waals surface area contributed by atoms with Crippen LogP contribution in [0.4, 0.5) is 0 Å². The summed E-state index contributed by atoms with van der Waals surface area (Å²) in [5.41, 5.74) is 0. The van der Waals surface area contributed by atoms with E-state index in [1.165, 1.54) is 141 Å². The SMILES string of the molecule is CC/C=C\C/C=C\C/C=C\C/C=C\C/C=C\C/C=C\C/C=C\C/C=C\C/C=C\C/C=C\CCCCC(=O)OC(COC(=O)CCCCCCCCCCCCCCCCCCCCCCCCCC/C=C\C/C=C\C/C=C\C/C=C\CC)COC(OCC[N+](C)(C)C)C(=O)O. The number of nitrogens with zero attached hydrogens (tertiary/aromatic N) is 1. The van der Waals surface area contributed by atoms with Gasteiger partial charge >= 0.3 is 17.9 Å². The van der Waals surface area contributed by atoms with E-state index in [1.54, 1.807) is 0 Å². The van der Waals surface area contributed by atoms with E-state index >= 15 is 0 Å². The minimum absolute atomic E-state index is 0.172. The van der Waals surface area contributed by atoms with Gasteiger partial charge in [-0.3, -0.25) is 9.59 Å². The molecule has 0 rings (SSSR count). The molecule has 0 radical (unpaired) electrons. The van der Waals surface area contributed by atoms with Gasteiger partial charge in [-0.05, 0) is 128 Å². The zero-order valence-corrected chi connectivity index (χ0v) is 61.5. The Bertz CT molecular complexity index is 2170. The second-order valence-electron chi connectivity index (χ2n) is 26.2. The predicted octanol–water partition coefficient (Wildman–Crippen LogP) is 24.6. The zero-order valence-electron chi connectivity index (χ0n) is 61.5. The van der Waals surface area contributed by atoms with Gasteiger partial charge in [-0.1, -0.05) is 325 Å². The van der Waals surface area contributed by atoms with Crippen LogP contribution in [0.1, 0.15) is 296 Å². The van der Waals surface area contributed by atoms with Gasteiger partial charge in [-0.2, -0.15) is 0 Å². The number of unbranched alkanes of at least 4 members (excludes halogenated alkanes) is 26. The number of allylic oxidation sites excluding steroid dienone is 28. The van der Waals surface area contributed by atoms with Gasteiger partial charge in [-0.25, -0.2) is 4.79 Å². The smallest absolute Gasteiger partial charge is 0.361 e. The monoisotopic (exact) mass is 1320 g/mol. The first-order chi connectivity index (χ1) is 46.6. The fraction of sp³-hybridized carbons (Fsp3) is 0.640. The number of esters is 2. The molecule has 0 aromatic heterocycles. The van der Waals surface area contributed by atoms with Crippen molar-refractivity contribution in [2.75, 3.05) is 47.5 Å². The number of aliphatic carboxylic acids is 1. The molecule has 0 saturated heterocycles. The van der Waals surface area contributed by atoms with Crippen LogP contribution < -0.4 is 0 Å². The summed E-state index contributed by atoms with van der Waals surface area (Å²) in [4.78, 5) is 37.7. The normalized spacial score (nSPS) is 13.7. The highest BCUT2D eigenvalue weighted by molar-refractivity contribution is 5.71. The first-order valence-corrected chi connectivity index (χ1v) is 38.3. The fourth-order valence-corrected chi connectivity index (χ4v) is 10.2. The third-order valence-corrected chi connectivity index (χ3v) is 16.0. The molecule has 2 atom stereocenters. The number of carboxylic acids is 1. The van der Waals surface area contributed by atoms with Gasteiger partial charge in [0.2, 0.25) is 0 Å². The fourth-order valence-electron chi connectivity index (χ4n) is 10.2. The average Bonchev–Trinajstić information content (AvgIpc) is 3.75. The molecule has 1 N–H and O–H groups in total. The van der Waals surface area contributed by atoms with Crippen molar-refractivity contribution in [1.82, 2.24) is 0 Å². The maximum Gasteiger partial charge on any atom is 0.361 e. The van der Waals surface area contributed by atoms with E-state index in [4.69, 9.17) is 18.9 Å². The molecule has 0 bridgehead atoms. The number of carbonyl (C=O) groups is 3. The summed E-state index contributed by atoms with van der Waals surface area (Å²) in [5.74, 6) is -2.07. The van der Waals surface area contributed by atoms with Crippen LogP contribution in [0.5, 0.6) is 0 Å². The van der Waals surface area contributed by atoms with Crippen LogP contribution in [0.2, 0.25) is 0 Å². The summed E-state index contributed by atoms with van der Waals surface area (Å²) in [6.07, 6.45) is 109. The van der Waals surface area contributed by atoms with Crippen molar-refractivity contribution >= 4 is 17.9 Å². The highest BCUT2D eigenvalue weighted by Crippen LogP contribution is 2.17. The van der Waals surface area contributed by atoms with Crippen LogP contribution in [0, 0.1) is 0 Å². The second kappa shape index (κ2) is 74.4. The molecule has 0 saturated carbocycles. The molecule has 0 aliphatic rings. The number of carbonyl (C=O) groups excluding carboxylic acids is 2. The Morgan fingerprint density at radius 3 is 0.863 bits per heavy atom. The number of carboxylic acid groups (broad SMARTS) is 1. The third-order valence-electron chi connectivity index (χ3n) is 16.0. The summed E-state index contributed by atoms with van der Waals surface area (Å²) >= 11 is 0. The summed E-state index contributed by atoms with van der Waals surface area (Å²) in [6, 6.07) is 0. The summed E-state index contributed by atoms with van der Waals surface area (Å²) in [5, 5.41) is 9.76. The Morgan fingerprint density at radius 1 is 0.316 bits per heavy atom. The van der Waals surface area contributed by atoms with Gasteiger partial charge in [0.05, 0.1) is 34.4 Å². The van der Waals surface area contributed by atoms with Crippen LogP contribution in [-0.4, -0.2) is 87.4 Å². The van der Waals surface area contributed by atoms with Crippen LogP contribution in [0.15, 0.2) is 170 Å². The molecule has 0 fully saturated rings. The first kappa shape index (κ1) is 89.6. The molecule has 0 aliphatic heterocycles. The molecule has 0 heterocycles. The van der Waals surface area contributed by atoms with Crippen molar-refractivity contribution in [3.8, 4) is 0 Å². The average molecular weight is 1320 g/mol. The molecular weight excluding hydrogens is 1170 g/mol. The Kier molecular flexibility index (Phi) is 70.2. The van der Waals surface area contributed by atoms with Gasteiger partial charge in [0.15, 0.2) is 6.10 Å². The van der Waals surface area contributed by atoms with Gasteiger partial charge in [0, 0.05) is 12.8 Å². The number of quaternary nitrogens is 1. The molecule has 95 heavy (non-hydrogen) atoms. The molecule has 9 nitrogen and oxygen atoms in total. The predicted molar refractivity (Wildman–Crippen MR) is 410 cm³/mol. The molecule has 0 spiro atoms. The summed E-state index contributed by atoms with van der Waals surface area (Å²) in [7, 11) is 5.96. The highest BCUT2D eigenvalue weighted by Gasteiger charge is 2.25. The van der Waals surface area contributed by atoms with Crippen LogP contribution in [0.3, 0.4) is 0 Å². The maximum absolute atomic E-state index is 12.9. The first-order valence-electron chi connectivity index (χ1n) is 38.3. The van der Waals surface area contributed by atoms with E-state index in [0.29, 0.717) is 17.4 Å². The molecule has 0 aromatic rings. The van der Waals surface area contributed by atoms with Crippen LogP contribution in [0.25, 0.3) is 0 Å². The minimum Gasteiger partial charge on any atom is -0.477 e. The lowest BCUT2D eigenvalue weighted by Gasteiger charge is -2.25.